The molecule has 2 heteroatoms. The first-order chi connectivity index (χ1) is 31.7. The van der Waals surface area contributed by atoms with Gasteiger partial charge in [-0.05, 0) is 120 Å². The molecule has 64 heavy (non-hydrogen) atoms. The van der Waals surface area contributed by atoms with Gasteiger partial charge in [-0.2, -0.15) is 0 Å². The SMILES string of the molecule is c1ccc(-n2c3ccccc3c3ccc(-c4ccc5c6ccc7ccccc7c6n(-c6ccc(-c7ccc(-c8ccc9c(c8)-c8cccc%10cccc-9c8%10)cc7)cc6)c5c4)cc32)cc1. The van der Waals surface area contributed by atoms with Crippen molar-refractivity contribution < 1.29 is 0 Å². The third kappa shape index (κ3) is 5.14. The molecule has 0 amide bonds. The predicted molar refractivity (Wildman–Crippen MR) is 271 cm³/mol. The molecule has 2 heterocycles. The zero-order valence-electron chi connectivity index (χ0n) is 34.8. The molecular formula is C62H38N2. The summed E-state index contributed by atoms with van der Waals surface area (Å²) in [5, 5.41) is 10.2. The van der Waals surface area contributed by atoms with Crippen LogP contribution in [-0.4, -0.2) is 9.13 Å². The molecule has 0 aliphatic heterocycles. The summed E-state index contributed by atoms with van der Waals surface area (Å²) in [5.41, 5.74) is 19.7. The highest BCUT2D eigenvalue weighted by Gasteiger charge is 2.22. The Morgan fingerprint density at radius 2 is 0.734 bits per heavy atom. The fourth-order valence-electron chi connectivity index (χ4n) is 10.9. The third-order valence-electron chi connectivity index (χ3n) is 13.9. The van der Waals surface area contributed by atoms with E-state index in [-0.39, 0.29) is 0 Å². The minimum absolute atomic E-state index is 1.14. The molecule has 296 valence electrons. The Hall–Kier alpha value is -8.46. The van der Waals surface area contributed by atoms with E-state index in [2.05, 4.69) is 240 Å². The second-order valence-electron chi connectivity index (χ2n) is 17.3. The summed E-state index contributed by atoms with van der Waals surface area (Å²) in [6, 6.07) is 85.2. The fraction of sp³-hybridized carbons (Fsp3) is 0. The second-order valence-corrected chi connectivity index (χ2v) is 17.3. The van der Waals surface area contributed by atoms with E-state index in [1.54, 1.807) is 0 Å². The number of fused-ring (bicyclic) bond motifs is 11. The van der Waals surface area contributed by atoms with Gasteiger partial charge in [-0.25, -0.2) is 0 Å². The Morgan fingerprint density at radius 3 is 1.48 bits per heavy atom. The molecule has 0 saturated heterocycles. The highest BCUT2D eigenvalue weighted by atomic mass is 15.0. The lowest BCUT2D eigenvalue weighted by Gasteiger charge is -2.12. The fourth-order valence-corrected chi connectivity index (χ4v) is 10.9. The number of rotatable bonds is 5. The number of hydrogen-bond donors (Lipinski definition) is 0. The van der Waals surface area contributed by atoms with Crippen LogP contribution in [0.25, 0.3) is 132 Å². The molecule has 11 aromatic carbocycles. The smallest absolute Gasteiger partial charge is 0.0619 e. The minimum atomic E-state index is 1.14. The molecular weight excluding hydrogens is 773 g/mol. The number of aromatic nitrogens is 2. The molecule has 13 aromatic rings. The van der Waals surface area contributed by atoms with Crippen molar-refractivity contribution in [3.8, 4) is 67.0 Å². The molecule has 0 atom stereocenters. The van der Waals surface area contributed by atoms with E-state index in [0.717, 1.165) is 11.4 Å². The van der Waals surface area contributed by atoms with Gasteiger partial charge in [0.05, 0.1) is 22.1 Å². The summed E-state index contributed by atoms with van der Waals surface area (Å²) in [4.78, 5) is 0. The zero-order chi connectivity index (χ0) is 41.9. The van der Waals surface area contributed by atoms with Crippen LogP contribution in [0.15, 0.2) is 231 Å². The summed E-state index contributed by atoms with van der Waals surface area (Å²) in [7, 11) is 0. The van der Waals surface area contributed by atoms with Gasteiger partial charge in [0, 0.05) is 38.3 Å². The van der Waals surface area contributed by atoms with Gasteiger partial charge in [-0.15, -0.1) is 0 Å². The number of para-hydroxylation sites is 2. The van der Waals surface area contributed by atoms with E-state index in [0.29, 0.717) is 0 Å². The van der Waals surface area contributed by atoms with Gasteiger partial charge in [-0.1, -0.05) is 182 Å². The molecule has 1 aliphatic carbocycles. The Labute approximate surface area is 370 Å². The first-order valence-corrected chi connectivity index (χ1v) is 22.2. The average Bonchev–Trinajstić information content (AvgIpc) is 4.00. The van der Waals surface area contributed by atoms with Crippen LogP contribution < -0.4 is 0 Å². The van der Waals surface area contributed by atoms with Crippen molar-refractivity contribution in [3.05, 3.63) is 231 Å². The van der Waals surface area contributed by atoms with E-state index in [1.165, 1.54) is 121 Å². The maximum absolute atomic E-state index is 2.48. The summed E-state index contributed by atoms with van der Waals surface area (Å²) >= 11 is 0. The first-order valence-electron chi connectivity index (χ1n) is 22.2. The van der Waals surface area contributed by atoms with Crippen LogP contribution in [0, 0.1) is 0 Å². The van der Waals surface area contributed by atoms with Crippen molar-refractivity contribution in [2.24, 2.45) is 0 Å². The molecule has 0 fully saturated rings. The molecule has 14 rings (SSSR count). The number of benzene rings is 11. The molecule has 0 saturated carbocycles. The molecule has 0 unspecified atom stereocenters. The lowest BCUT2D eigenvalue weighted by Crippen LogP contribution is -1.95. The van der Waals surface area contributed by atoms with Crippen molar-refractivity contribution in [2.45, 2.75) is 0 Å². The Balaban J connectivity index is 0.865. The standard InChI is InChI=1S/C62H38N2/c1-2-13-47(14-3-1)63-58-19-7-6-16-51(58)52-33-28-45(37-59(52)63)46-29-34-53-56-35-26-42-10-4-5-15-49(42)62(56)64(60(53)38-46)48-30-24-40(25-31-48)39-20-22-41(23-21-39)44-27-32-50-54-17-8-11-43-12-9-18-55(61(43)54)57(50)36-44/h1-38H. The normalized spacial score (nSPS) is 12.1. The maximum Gasteiger partial charge on any atom is 0.0619 e. The van der Waals surface area contributed by atoms with Crippen molar-refractivity contribution in [1.29, 1.82) is 0 Å². The van der Waals surface area contributed by atoms with Gasteiger partial charge in [0.1, 0.15) is 0 Å². The molecule has 2 aromatic heterocycles. The lowest BCUT2D eigenvalue weighted by atomic mass is 9.96. The number of nitrogens with zero attached hydrogens (tertiary/aromatic N) is 2. The van der Waals surface area contributed by atoms with E-state index >= 15 is 0 Å². The Kier molecular flexibility index (Phi) is 7.43. The van der Waals surface area contributed by atoms with E-state index in [1.807, 2.05) is 0 Å². The van der Waals surface area contributed by atoms with Gasteiger partial charge >= 0.3 is 0 Å². The number of hydrogen-bond acceptors (Lipinski definition) is 0. The summed E-state index contributed by atoms with van der Waals surface area (Å²) < 4.78 is 4.88. The topological polar surface area (TPSA) is 9.86 Å². The molecule has 1 aliphatic rings. The molecule has 0 bridgehead atoms. The monoisotopic (exact) mass is 810 g/mol. The highest BCUT2D eigenvalue weighted by Crippen LogP contribution is 2.48. The van der Waals surface area contributed by atoms with Gasteiger partial charge in [0.2, 0.25) is 0 Å². The Bertz CT molecular complexity index is 4030. The van der Waals surface area contributed by atoms with Crippen molar-refractivity contribution in [2.75, 3.05) is 0 Å². The van der Waals surface area contributed by atoms with Crippen LogP contribution in [0.3, 0.4) is 0 Å². The first kappa shape index (κ1) is 35.2. The van der Waals surface area contributed by atoms with Crippen LogP contribution in [0.4, 0.5) is 0 Å². The molecule has 0 spiro atoms. The van der Waals surface area contributed by atoms with E-state index < -0.39 is 0 Å². The van der Waals surface area contributed by atoms with Crippen molar-refractivity contribution >= 4 is 65.2 Å². The van der Waals surface area contributed by atoms with Gasteiger partial charge in [-0.3, -0.25) is 0 Å². The minimum Gasteiger partial charge on any atom is -0.309 e. The van der Waals surface area contributed by atoms with Gasteiger partial charge in [0.25, 0.3) is 0 Å². The molecule has 2 nitrogen and oxygen atoms in total. The zero-order valence-corrected chi connectivity index (χ0v) is 34.8. The third-order valence-corrected chi connectivity index (χ3v) is 13.9. The van der Waals surface area contributed by atoms with Crippen molar-refractivity contribution in [3.63, 3.8) is 0 Å². The summed E-state index contributed by atoms with van der Waals surface area (Å²) in [6.07, 6.45) is 0. The average molecular weight is 811 g/mol. The van der Waals surface area contributed by atoms with Crippen LogP contribution in [0.5, 0.6) is 0 Å². The van der Waals surface area contributed by atoms with E-state index in [9.17, 15) is 0 Å². The van der Waals surface area contributed by atoms with Crippen LogP contribution >= 0.6 is 0 Å². The second kappa shape index (κ2) is 13.5. The predicted octanol–water partition coefficient (Wildman–Crippen LogP) is 16.8. The summed E-state index contributed by atoms with van der Waals surface area (Å²) in [6.45, 7) is 0. The molecule has 0 radical (unpaired) electrons. The van der Waals surface area contributed by atoms with Crippen molar-refractivity contribution in [1.82, 2.24) is 9.13 Å². The van der Waals surface area contributed by atoms with Gasteiger partial charge < -0.3 is 9.13 Å². The van der Waals surface area contributed by atoms with E-state index in [4.69, 9.17) is 0 Å². The lowest BCUT2D eigenvalue weighted by molar-refractivity contribution is 1.18. The van der Waals surface area contributed by atoms with Crippen LogP contribution in [-0.2, 0) is 0 Å². The van der Waals surface area contributed by atoms with Gasteiger partial charge in [0.15, 0.2) is 0 Å². The quantitative estimate of drug-likeness (QED) is 0.164. The summed E-state index contributed by atoms with van der Waals surface area (Å²) in [5.74, 6) is 0. The Morgan fingerprint density at radius 1 is 0.234 bits per heavy atom. The van der Waals surface area contributed by atoms with Crippen LogP contribution in [0.2, 0.25) is 0 Å². The maximum atomic E-state index is 2.48. The largest absolute Gasteiger partial charge is 0.309 e. The highest BCUT2D eigenvalue weighted by molar-refractivity contribution is 6.19. The molecule has 0 N–H and O–H groups in total. The van der Waals surface area contributed by atoms with Crippen LogP contribution in [0.1, 0.15) is 0 Å².